The molecule has 3 N–H and O–H groups in total. The van der Waals surface area contributed by atoms with Crippen LogP contribution in [-0.2, 0) is 14.4 Å². The number of methoxy groups -OCH3 is 1. The maximum atomic E-state index is 12.7. The zero-order valence-electron chi connectivity index (χ0n) is 15.5. The Kier molecular flexibility index (Phi) is 5.54. The summed E-state index contributed by atoms with van der Waals surface area (Å²) in [5.74, 6) is -2.88. The number of carbonyl (C=O) groups excluding carboxylic acids is 2. The molecule has 0 aliphatic carbocycles. The molecule has 1 unspecified atom stereocenters. The van der Waals surface area contributed by atoms with E-state index in [0.717, 1.165) is 4.90 Å². The van der Waals surface area contributed by atoms with Gasteiger partial charge < -0.3 is 25.0 Å². The zero-order chi connectivity index (χ0) is 21.1. The number of carboxylic acid groups (broad SMARTS) is 1. The molecule has 0 bridgehead atoms. The monoisotopic (exact) mass is 397 g/mol. The van der Waals surface area contributed by atoms with Crippen LogP contribution in [0.1, 0.15) is 23.6 Å². The maximum absolute atomic E-state index is 12.7. The number of ether oxygens (including phenoxy) is 1. The first kappa shape index (κ1) is 19.9. The minimum absolute atomic E-state index is 0.0873. The lowest BCUT2D eigenvalue weighted by atomic mass is 9.95. The maximum Gasteiger partial charge on any atom is 0.305 e. The van der Waals surface area contributed by atoms with Gasteiger partial charge in [0.1, 0.15) is 17.3 Å². The van der Waals surface area contributed by atoms with Crippen molar-refractivity contribution in [1.82, 2.24) is 4.90 Å². The second-order valence-corrected chi connectivity index (χ2v) is 6.46. The number of likely N-dealkylation sites (tertiary alicyclic amines) is 1. The van der Waals surface area contributed by atoms with E-state index < -0.39 is 29.5 Å². The van der Waals surface area contributed by atoms with Crippen LogP contribution >= 0.6 is 0 Å². The Morgan fingerprint density at radius 2 is 1.79 bits per heavy atom. The SMILES string of the molecule is COc1ccc(/C(O)=C2\C(=O)C(=O)N(CCC(=O)O)C2c2cccc(O)c2)cc1. The van der Waals surface area contributed by atoms with Crippen LogP contribution in [0, 0.1) is 0 Å². The van der Waals surface area contributed by atoms with Gasteiger partial charge in [0.05, 0.1) is 25.1 Å². The van der Waals surface area contributed by atoms with Crippen LogP contribution in [0.15, 0.2) is 54.1 Å². The second kappa shape index (κ2) is 8.05. The van der Waals surface area contributed by atoms with Crippen LogP contribution in [0.3, 0.4) is 0 Å². The van der Waals surface area contributed by atoms with E-state index in [4.69, 9.17) is 9.84 Å². The van der Waals surface area contributed by atoms with Gasteiger partial charge in [-0.3, -0.25) is 14.4 Å². The van der Waals surface area contributed by atoms with Crippen molar-refractivity contribution in [2.24, 2.45) is 0 Å². The van der Waals surface area contributed by atoms with Crippen LogP contribution in [0.2, 0.25) is 0 Å². The molecule has 3 rings (SSSR count). The number of benzene rings is 2. The number of aliphatic hydroxyl groups excluding tert-OH is 1. The third kappa shape index (κ3) is 3.91. The number of rotatable bonds is 6. The molecule has 1 aliphatic rings. The molecule has 2 aromatic rings. The number of carbonyl (C=O) groups is 3. The average molecular weight is 397 g/mol. The van der Waals surface area contributed by atoms with Crippen molar-refractivity contribution >= 4 is 23.4 Å². The number of hydrogen-bond donors (Lipinski definition) is 3. The molecule has 0 aromatic heterocycles. The first-order chi connectivity index (χ1) is 13.8. The Bertz CT molecular complexity index is 994. The summed E-state index contributed by atoms with van der Waals surface area (Å²) in [5, 5.41) is 29.7. The molecule has 1 amide bonds. The molecule has 29 heavy (non-hydrogen) atoms. The minimum atomic E-state index is -1.13. The molecule has 150 valence electrons. The molecule has 8 nitrogen and oxygen atoms in total. The molecule has 0 radical (unpaired) electrons. The van der Waals surface area contributed by atoms with Crippen molar-refractivity contribution in [2.45, 2.75) is 12.5 Å². The van der Waals surface area contributed by atoms with Crippen molar-refractivity contribution in [3.05, 3.63) is 65.2 Å². The van der Waals surface area contributed by atoms with Crippen molar-refractivity contribution in [2.75, 3.05) is 13.7 Å². The molecule has 0 spiro atoms. The Hall–Kier alpha value is -3.81. The number of amides is 1. The second-order valence-electron chi connectivity index (χ2n) is 6.46. The lowest BCUT2D eigenvalue weighted by molar-refractivity contribution is -0.142. The quantitative estimate of drug-likeness (QED) is 0.388. The summed E-state index contributed by atoms with van der Waals surface area (Å²) < 4.78 is 5.08. The van der Waals surface area contributed by atoms with Crippen LogP contribution < -0.4 is 4.74 Å². The molecule has 1 heterocycles. The Morgan fingerprint density at radius 3 is 2.38 bits per heavy atom. The number of carboxylic acids is 1. The van der Waals surface area contributed by atoms with Gasteiger partial charge >= 0.3 is 5.97 Å². The van der Waals surface area contributed by atoms with E-state index in [1.165, 1.54) is 25.3 Å². The van der Waals surface area contributed by atoms with Crippen molar-refractivity contribution < 1.29 is 34.4 Å². The first-order valence-electron chi connectivity index (χ1n) is 8.77. The molecular formula is C21H19NO7. The summed E-state index contributed by atoms with van der Waals surface area (Å²) in [4.78, 5) is 37.4. The lowest BCUT2D eigenvalue weighted by Crippen LogP contribution is -2.31. The number of nitrogens with zero attached hydrogens (tertiary/aromatic N) is 1. The van der Waals surface area contributed by atoms with E-state index in [0.29, 0.717) is 16.9 Å². The highest BCUT2D eigenvalue weighted by Gasteiger charge is 2.46. The normalized spacial score (nSPS) is 18.1. The smallest absolute Gasteiger partial charge is 0.305 e. The molecular weight excluding hydrogens is 378 g/mol. The number of aromatic hydroxyl groups is 1. The van der Waals surface area contributed by atoms with Gasteiger partial charge in [0.25, 0.3) is 11.7 Å². The highest BCUT2D eigenvalue weighted by atomic mass is 16.5. The topological polar surface area (TPSA) is 124 Å². The Labute approximate surface area is 166 Å². The number of Topliss-reactive ketones (excluding diaryl/α,β-unsaturated/α-hetero) is 1. The predicted octanol–water partition coefficient (Wildman–Crippen LogP) is 2.30. The fraction of sp³-hybridized carbons (Fsp3) is 0.190. The summed E-state index contributed by atoms with van der Waals surface area (Å²) in [6, 6.07) is 11.2. The van der Waals surface area contributed by atoms with E-state index in [1.807, 2.05) is 0 Å². The fourth-order valence-corrected chi connectivity index (χ4v) is 3.27. The summed E-state index contributed by atoms with van der Waals surface area (Å²) >= 11 is 0. The number of ketones is 1. The first-order valence-corrected chi connectivity index (χ1v) is 8.77. The molecule has 8 heteroatoms. The number of aliphatic carboxylic acids is 1. The largest absolute Gasteiger partial charge is 0.508 e. The van der Waals surface area contributed by atoms with Crippen molar-refractivity contribution in [3.63, 3.8) is 0 Å². The van der Waals surface area contributed by atoms with Crippen LogP contribution in [0.25, 0.3) is 5.76 Å². The standard InChI is InChI=1S/C21H19NO7/c1-29-15-7-5-12(6-8-15)19(26)17-18(13-3-2-4-14(23)11-13)22(10-9-16(24)25)21(28)20(17)27/h2-8,11,18,23,26H,9-10H2,1H3,(H,24,25)/b19-17+. The number of phenolic OH excluding ortho intramolecular Hbond substituents is 1. The van der Waals surface area contributed by atoms with E-state index in [-0.39, 0.29) is 24.3 Å². The Balaban J connectivity index is 2.14. The van der Waals surface area contributed by atoms with E-state index in [9.17, 15) is 24.6 Å². The van der Waals surface area contributed by atoms with Gasteiger partial charge in [0.15, 0.2) is 0 Å². The van der Waals surface area contributed by atoms with Crippen molar-refractivity contribution in [3.8, 4) is 11.5 Å². The summed E-state index contributed by atoms with van der Waals surface area (Å²) in [6.45, 7) is -0.223. The van der Waals surface area contributed by atoms with E-state index in [2.05, 4.69) is 0 Å². The highest BCUT2D eigenvalue weighted by molar-refractivity contribution is 6.46. The third-order valence-electron chi connectivity index (χ3n) is 4.66. The van der Waals surface area contributed by atoms with Crippen LogP contribution in [0.4, 0.5) is 0 Å². The van der Waals surface area contributed by atoms with Gasteiger partial charge in [0, 0.05) is 12.1 Å². The van der Waals surface area contributed by atoms with Crippen molar-refractivity contribution in [1.29, 1.82) is 0 Å². The van der Waals surface area contributed by atoms with Crippen LogP contribution in [0.5, 0.6) is 11.5 Å². The summed E-state index contributed by atoms with van der Waals surface area (Å²) in [5.41, 5.74) is 0.507. The van der Waals surface area contributed by atoms with Gasteiger partial charge in [-0.2, -0.15) is 0 Å². The Morgan fingerprint density at radius 1 is 1.10 bits per heavy atom. The minimum Gasteiger partial charge on any atom is -0.508 e. The van der Waals surface area contributed by atoms with Gasteiger partial charge in [-0.05, 0) is 42.0 Å². The van der Waals surface area contributed by atoms with Gasteiger partial charge in [0.2, 0.25) is 0 Å². The molecule has 1 atom stereocenters. The molecule has 1 fully saturated rings. The van der Waals surface area contributed by atoms with Gasteiger partial charge in [-0.25, -0.2) is 0 Å². The predicted molar refractivity (Wildman–Crippen MR) is 102 cm³/mol. The summed E-state index contributed by atoms with van der Waals surface area (Å²) in [6.07, 6.45) is -0.370. The number of hydrogen-bond acceptors (Lipinski definition) is 6. The van der Waals surface area contributed by atoms with Crippen LogP contribution in [-0.4, -0.2) is 51.5 Å². The van der Waals surface area contributed by atoms with E-state index >= 15 is 0 Å². The fourth-order valence-electron chi connectivity index (χ4n) is 3.27. The number of aliphatic hydroxyl groups is 1. The zero-order valence-corrected chi connectivity index (χ0v) is 15.5. The highest BCUT2D eigenvalue weighted by Crippen LogP contribution is 2.40. The molecule has 1 saturated heterocycles. The third-order valence-corrected chi connectivity index (χ3v) is 4.66. The molecule has 1 aliphatic heterocycles. The van der Waals surface area contributed by atoms with Gasteiger partial charge in [-0.15, -0.1) is 0 Å². The van der Waals surface area contributed by atoms with Gasteiger partial charge in [-0.1, -0.05) is 12.1 Å². The number of phenols is 1. The molecule has 0 saturated carbocycles. The molecule has 2 aromatic carbocycles. The lowest BCUT2D eigenvalue weighted by Gasteiger charge is -2.24. The van der Waals surface area contributed by atoms with E-state index in [1.54, 1.807) is 30.3 Å². The average Bonchev–Trinajstić information content (AvgIpc) is 2.96. The summed E-state index contributed by atoms with van der Waals surface area (Å²) in [7, 11) is 1.49.